The Bertz CT molecular complexity index is 741. The minimum absolute atomic E-state index is 0.288. The first-order valence-corrected chi connectivity index (χ1v) is 7.31. The highest BCUT2D eigenvalue weighted by molar-refractivity contribution is 9.10. The summed E-state index contributed by atoms with van der Waals surface area (Å²) in [5, 5.41) is 13.2. The van der Waals surface area contributed by atoms with E-state index >= 15 is 0 Å². The highest BCUT2D eigenvalue weighted by Crippen LogP contribution is 2.23. The molecule has 0 aliphatic rings. The standard InChI is InChI=1S/C16H14BrN3O/c17-13-4-5-16(21)12(8-13)10-19-14-2-1-3-15(9-14)20-7-6-18-11-20/h1-9,11,19,21H,10H2. The van der Waals surface area contributed by atoms with Gasteiger partial charge in [-0.25, -0.2) is 4.98 Å². The third-order valence-corrected chi connectivity index (χ3v) is 3.67. The second kappa shape index (κ2) is 6.01. The van der Waals surface area contributed by atoms with Crippen molar-refractivity contribution in [2.24, 2.45) is 0 Å². The number of benzene rings is 2. The van der Waals surface area contributed by atoms with Gasteiger partial charge in [0.25, 0.3) is 0 Å². The van der Waals surface area contributed by atoms with Crippen molar-refractivity contribution in [1.29, 1.82) is 0 Å². The molecule has 5 heteroatoms. The number of rotatable bonds is 4. The van der Waals surface area contributed by atoms with Gasteiger partial charge in [0, 0.05) is 40.3 Å². The fourth-order valence-electron chi connectivity index (χ4n) is 2.08. The molecule has 0 fully saturated rings. The highest BCUT2D eigenvalue weighted by atomic mass is 79.9. The Balaban J connectivity index is 1.76. The molecule has 21 heavy (non-hydrogen) atoms. The Morgan fingerprint density at radius 2 is 2.10 bits per heavy atom. The van der Waals surface area contributed by atoms with Crippen LogP contribution in [0.4, 0.5) is 5.69 Å². The zero-order chi connectivity index (χ0) is 14.7. The molecule has 0 atom stereocenters. The smallest absolute Gasteiger partial charge is 0.120 e. The molecule has 3 aromatic rings. The second-order valence-corrected chi connectivity index (χ2v) is 5.56. The van der Waals surface area contributed by atoms with E-state index in [-0.39, 0.29) is 5.75 Å². The summed E-state index contributed by atoms with van der Waals surface area (Å²) < 4.78 is 2.89. The van der Waals surface area contributed by atoms with Crippen LogP contribution in [0.1, 0.15) is 5.56 Å². The molecule has 0 unspecified atom stereocenters. The molecule has 0 amide bonds. The van der Waals surface area contributed by atoms with Crippen LogP contribution in [0.15, 0.2) is 65.7 Å². The highest BCUT2D eigenvalue weighted by Gasteiger charge is 2.03. The van der Waals surface area contributed by atoms with Gasteiger partial charge in [0.2, 0.25) is 0 Å². The fraction of sp³-hybridized carbons (Fsp3) is 0.0625. The molecule has 0 saturated carbocycles. The van der Waals surface area contributed by atoms with Gasteiger partial charge >= 0.3 is 0 Å². The minimum Gasteiger partial charge on any atom is -0.508 e. The molecule has 1 heterocycles. The van der Waals surface area contributed by atoms with Crippen molar-refractivity contribution in [3.63, 3.8) is 0 Å². The molecular weight excluding hydrogens is 330 g/mol. The molecule has 0 aliphatic heterocycles. The molecule has 4 nitrogen and oxygen atoms in total. The summed E-state index contributed by atoms with van der Waals surface area (Å²) in [7, 11) is 0. The summed E-state index contributed by atoms with van der Waals surface area (Å²) in [4.78, 5) is 4.05. The Morgan fingerprint density at radius 3 is 2.90 bits per heavy atom. The van der Waals surface area contributed by atoms with Gasteiger partial charge in [-0.3, -0.25) is 0 Å². The van der Waals surface area contributed by atoms with Crippen molar-refractivity contribution in [3.8, 4) is 11.4 Å². The lowest BCUT2D eigenvalue weighted by Gasteiger charge is -2.10. The van der Waals surface area contributed by atoms with Gasteiger partial charge in [0.15, 0.2) is 0 Å². The summed E-state index contributed by atoms with van der Waals surface area (Å²) >= 11 is 3.41. The van der Waals surface area contributed by atoms with Crippen molar-refractivity contribution in [3.05, 3.63) is 71.2 Å². The van der Waals surface area contributed by atoms with Crippen LogP contribution in [0.3, 0.4) is 0 Å². The van der Waals surface area contributed by atoms with Gasteiger partial charge in [0.05, 0.1) is 6.33 Å². The summed E-state index contributed by atoms with van der Waals surface area (Å²) in [5.74, 6) is 0.288. The van der Waals surface area contributed by atoms with Crippen molar-refractivity contribution in [2.45, 2.75) is 6.54 Å². The largest absolute Gasteiger partial charge is 0.508 e. The molecule has 1 aromatic heterocycles. The number of halogens is 1. The van der Waals surface area contributed by atoms with Crippen LogP contribution in [0.2, 0.25) is 0 Å². The number of anilines is 1. The monoisotopic (exact) mass is 343 g/mol. The van der Waals surface area contributed by atoms with Crippen LogP contribution in [0.25, 0.3) is 5.69 Å². The normalized spacial score (nSPS) is 10.5. The number of aromatic hydroxyl groups is 1. The quantitative estimate of drug-likeness (QED) is 0.753. The average Bonchev–Trinajstić information content (AvgIpc) is 3.03. The number of imidazole rings is 1. The SMILES string of the molecule is Oc1ccc(Br)cc1CNc1cccc(-n2ccnc2)c1. The van der Waals surface area contributed by atoms with Gasteiger partial charge in [-0.2, -0.15) is 0 Å². The maximum atomic E-state index is 9.84. The van der Waals surface area contributed by atoms with Gasteiger partial charge in [0.1, 0.15) is 5.75 Å². The zero-order valence-corrected chi connectivity index (χ0v) is 12.8. The lowest BCUT2D eigenvalue weighted by molar-refractivity contribution is 0.469. The van der Waals surface area contributed by atoms with E-state index in [0.717, 1.165) is 21.4 Å². The van der Waals surface area contributed by atoms with E-state index in [2.05, 4.69) is 26.2 Å². The molecule has 0 bridgehead atoms. The van der Waals surface area contributed by atoms with Gasteiger partial charge in [-0.05, 0) is 36.4 Å². The topological polar surface area (TPSA) is 50.1 Å². The Labute approximate surface area is 131 Å². The fourth-order valence-corrected chi connectivity index (χ4v) is 2.49. The summed E-state index contributed by atoms with van der Waals surface area (Å²) in [6, 6.07) is 13.4. The number of phenolic OH excluding ortho intramolecular Hbond substituents is 1. The number of nitrogens with one attached hydrogen (secondary N) is 1. The Hall–Kier alpha value is -2.27. The van der Waals surface area contributed by atoms with E-state index in [0.29, 0.717) is 6.54 Å². The molecule has 0 radical (unpaired) electrons. The summed E-state index contributed by atoms with van der Waals surface area (Å²) in [6.07, 6.45) is 5.41. The molecule has 2 aromatic carbocycles. The number of nitrogens with zero attached hydrogens (tertiary/aromatic N) is 2. The predicted octanol–water partition coefficient (Wildman–Crippen LogP) is 3.95. The third-order valence-electron chi connectivity index (χ3n) is 3.17. The molecule has 2 N–H and O–H groups in total. The van der Waals surface area contributed by atoms with E-state index in [9.17, 15) is 5.11 Å². The first kappa shape index (κ1) is 13.7. The number of hydrogen-bond donors (Lipinski definition) is 2. The van der Waals surface area contributed by atoms with Crippen molar-refractivity contribution in [2.75, 3.05) is 5.32 Å². The van der Waals surface area contributed by atoms with E-state index in [1.165, 1.54) is 0 Å². The maximum Gasteiger partial charge on any atom is 0.120 e. The minimum atomic E-state index is 0.288. The number of hydrogen-bond acceptors (Lipinski definition) is 3. The van der Waals surface area contributed by atoms with Crippen LogP contribution in [-0.2, 0) is 6.54 Å². The lowest BCUT2D eigenvalue weighted by atomic mass is 10.2. The molecule has 0 saturated heterocycles. The van der Waals surface area contributed by atoms with Crippen LogP contribution >= 0.6 is 15.9 Å². The third kappa shape index (κ3) is 3.25. The lowest BCUT2D eigenvalue weighted by Crippen LogP contribution is -2.00. The van der Waals surface area contributed by atoms with E-state index < -0.39 is 0 Å². The van der Waals surface area contributed by atoms with E-state index in [1.54, 1.807) is 18.6 Å². The second-order valence-electron chi connectivity index (χ2n) is 4.65. The van der Waals surface area contributed by atoms with E-state index in [4.69, 9.17) is 0 Å². The van der Waals surface area contributed by atoms with Gasteiger partial charge in [-0.1, -0.05) is 22.0 Å². The first-order chi connectivity index (χ1) is 10.2. The van der Waals surface area contributed by atoms with Crippen molar-refractivity contribution >= 4 is 21.6 Å². The first-order valence-electron chi connectivity index (χ1n) is 6.52. The molecule has 0 aliphatic carbocycles. The Morgan fingerprint density at radius 1 is 1.19 bits per heavy atom. The summed E-state index contributed by atoms with van der Waals surface area (Å²) in [5.41, 5.74) is 2.87. The zero-order valence-electron chi connectivity index (χ0n) is 11.2. The molecule has 106 valence electrons. The average molecular weight is 344 g/mol. The molecular formula is C16H14BrN3O. The Kier molecular flexibility index (Phi) is 3.92. The van der Waals surface area contributed by atoms with E-state index in [1.807, 2.05) is 47.2 Å². The molecule has 0 spiro atoms. The van der Waals surface area contributed by atoms with Gasteiger partial charge < -0.3 is 15.0 Å². The number of aromatic nitrogens is 2. The predicted molar refractivity (Wildman–Crippen MR) is 86.7 cm³/mol. The van der Waals surface area contributed by atoms with Gasteiger partial charge in [-0.15, -0.1) is 0 Å². The van der Waals surface area contributed by atoms with Crippen LogP contribution in [0, 0.1) is 0 Å². The molecule has 3 rings (SSSR count). The maximum absolute atomic E-state index is 9.84. The van der Waals surface area contributed by atoms with Crippen molar-refractivity contribution in [1.82, 2.24) is 9.55 Å². The van der Waals surface area contributed by atoms with Crippen LogP contribution in [0.5, 0.6) is 5.75 Å². The van der Waals surface area contributed by atoms with Crippen LogP contribution < -0.4 is 5.32 Å². The van der Waals surface area contributed by atoms with Crippen molar-refractivity contribution < 1.29 is 5.11 Å². The summed E-state index contributed by atoms with van der Waals surface area (Å²) in [6.45, 7) is 0.554. The van der Waals surface area contributed by atoms with Crippen LogP contribution in [-0.4, -0.2) is 14.7 Å². The number of phenols is 1.